The molecule has 1 aliphatic rings. The van der Waals surface area contributed by atoms with Gasteiger partial charge in [0.1, 0.15) is 0 Å². The predicted octanol–water partition coefficient (Wildman–Crippen LogP) is 2.54. The van der Waals surface area contributed by atoms with Crippen molar-refractivity contribution >= 4 is 40.5 Å². The second-order valence-electron chi connectivity index (χ2n) is 3.62. The van der Waals surface area contributed by atoms with Gasteiger partial charge >= 0.3 is 0 Å². The van der Waals surface area contributed by atoms with Crippen LogP contribution in [0.4, 0.5) is 5.69 Å². The smallest absolute Gasteiger partial charge is 0.270 e. The molecule has 0 spiro atoms. The van der Waals surface area contributed by atoms with Gasteiger partial charge in [-0.2, -0.15) is 0 Å². The Morgan fingerprint density at radius 3 is 2.47 bits per heavy atom. The first-order valence-electron chi connectivity index (χ1n) is 4.57. The van der Waals surface area contributed by atoms with Gasteiger partial charge in [-0.15, -0.1) is 0 Å². The van der Waals surface area contributed by atoms with Crippen molar-refractivity contribution in [1.29, 1.82) is 0 Å². The van der Waals surface area contributed by atoms with E-state index >= 15 is 0 Å². The number of Topliss-reactive ketones (excluding diaryl/α,β-unsaturated/α-hetero) is 2. The lowest BCUT2D eigenvalue weighted by Crippen LogP contribution is -2.35. The normalized spacial score (nSPS) is 17.8. The Morgan fingerprint density at radius 1 is 1.24 bits per heavy atom. The van der Waals surface area contributed by atoms with Crippen LogP contribution >= 0.6 is 23.2 Å². The lowest BCUT2D eigenvalue weighted by atomic mass is 9.88. The molecule has 0 amide bonds. The number of hydrogen-bond acceptors (Lipinski definition) is 4. The van der Waals surface area contributed by atoms with Crippen molar-refractivity contribution in [2.75, 3.05) is 0 Å². The van der Waals surface area contributed by atoms with Crippen LogP contribution in [0.2, 0.25) is 0 Å². The van der Waals surface area contributed by atoms with E-state index in [0.29, 0.717) is 0 Å². The number of benzene rings is 1. The number of alkyl halides is 2. The van der Waals surface area contributed by atoms with Gasteiger partial charge in [0.05, 0.1) is 11.3 Å². The van der Waals surface area contributed by atoms with Crippen LogP contribution in [0.5, 0.6) is 0 Å². The molecule has 17 heavy (non-hydrogen) atoms. The lowest BCUT2D eigenvalue weighted by Gasteiger charge is -2.23. The summed E-state index contributed by atoms with van der Waals surface area (Å²) >= 11 is 11.4. The highest BCUT2D eigenvalue weighted by molar-refractivity contribution is 6.62. The molecule has 7 heteroatoms. The zero-order chi connectivity index (χ0) is 12.8. The van der Waals surface area contributed by atoms with E-state index in [2.05, 4.69) is 0 Å². The van der Waals surface area contributed by atoms with Gasteiger partial charge in [-0.05, 0) is 6.07 Å². The number of halogens is 2. The first kappa shape index (κ1) is 12.0. The average Bonchev–Trinajstić information content (AvgIpc) is 2.25. The average molecular weight is 274 g/mol. The summed E-state index contributed by atoms with van der Waals surface area (Å²) in [6, 6.07) is 3.43. The first-order valence-corrected chi connectivity index (χ1v) is 5.33. The SMILES string of the molecule is O=C1CC(Cl)(Cl)C(=O)c2cc([N+](=O)[O-])ccc21. The Labute approximate surface area is 105 Å². The van der Waals surface area contributed by atoms with Crippen LogP contribution in [-0.4, -0.2) is 20.8 Å². The maximum atomic E-state index is 11.8. The molecule has 0 saturated heterocycles. The molecule has 0 N–H and O–H groups in total. The molecule has 0 radical (unpaired) electrons. The topological polar surface area (TPSA) is 77.3 Å². The lowest BCUT2D eigenvalue weighted by molar-refractivity contribution is -0.384. The molecule has 5 nitrogen and oxygen atoms in total. The van der Waals surface area contributed by atoms with Gasteiger partial charge < -0.3 is 0 Å². The van der Waals surface area contributed by atoms with E-state index in [9.17, 15) is 19.7 Å². The van der Waals surface area contributed by atoms with Crippen LogP contribution in [0.25, 0.3) is 0 Å². The van der Waals surface area contributed by atoms with Crippen molar-refractivity contribution in [2.24, 2.45) is 0 Å². The molecule has 1 aromatic rings. The van der Waals surface area contributed by atoms with Crippen LogP contribution in [0.3, 0.4) is 0 Å². The highest BCUT2D eigenvalue weighted by Crippen LogP contribution is 2.37. The van der Waals surface area contributed by atoms with E-state index in [0.717, 1.165) is 6.07 Å². The van der Waals surface area contributed by atoms with Crippen LogP contribution in [-0.2, 0) is 0 Å². The van der Waals surface area contributed by atoms with E-state index in [4.69, 9.17) is 23.2 Å². The summed E-state index contributed by atoms with van der Waals surface area (Å²) in [4.78, 5) is 33.4. The number of ketones is 2. The summed E-state index contributed by atoms with van der Waals surface area (Å²) in [7, 11) is 0. The molecule has 2 rings (SSSR count). The predicted molar refractivity (Wildman–Crippen MR) is 60.8 cm³/mol. The second kappa shape index (κ2) is 3.78. The minimum absolute atomic E-state index is 0.0968. The van der Waals surface area contributed by atoms with Gasteiger partial charge in [-0.1, -0.05) is 23.2 Å². The van der Waals surface area contributed by atoms with Gasteiger partial charge in [0.25, 0.3) is 5.69 Å². The number of carbonyl (C=O) groups excluding carboxylic acids is 2. The molecule has 0 aromatic heterocycles. The summed E-state index contributed by atoms with van der Waals surface area (Å²) in [5, 5.41) is 10.6. The molecular weight excluding hydrogens is 269 g/mol. The fraction of sp³-hybridized carbons (Fsp3) is 0.200. The molecule has 0 aliphatic heterocycles. The minimum Gasteiger partial charge on any atom is -0.294 e. The van der Waals surface area contributed by atoms with Gasteiger partial charge in [0, 0.05) is 23.3 Å². The Morgan fingerprint density at radius 2 is 1.88 bits per heavy atom. The number of nitrogens with zero attached hydrogens (tertiary/aromatic N) is 1. The molecule has 88 valence electrons. The fourth-order valence-electron chi connectivity index (χ4n) is 1.65. The fourth-order valence-corrected chi connectivity index (χ4v) is 2.10. The maximum Gasteiger partial charge on any atom is 0.270 e. The highest BCUT2D eigenvalue weighted by Gasteiger charge is 2.43. The molecule has 0 bridgehead atoms. The van der Waals surface area contributed by atoms with Crippen molar-refractivity contribution in [3.63, 3.8) is 0 Å². The number of hydrogen-bond donors (Lipinski definition) is 0. The maximum absolute atomic E-state index is 11.8. The van der Waals surface area contributed by atoms with Crippen LogP contribution < -0.4 is 0 Å². The zero-order valence-electron chi connectivity index (χ0n) is 8.28. The van der Waals surface area contributed by atoms with Crippen molar-refractivity contribution in [3.05, 3.63) is 39.4 Å². The van der Waals surface area contributed by atoms with E-state index in [-0.39, 0.29) is 23.2 Å². The van der Waals surface area contributed by atoms with E-state index in [1.54, 1.807) is 0 Å². The third-order valence-corrected chi connectivity index (χ3v) is 3.08. The standard InChI is InChI=1S/C10H5Cl2NO4/c11-10(12)4-8(14)6-2-1-5(13(16)17)3-7(6)9(10)15/h1-3H,4H2. The van der Waals surface area contributed by atoms with E-state index < -0.39 is 20.8 Å². The Balaban J connectivity index is 2.64. The third kappa shape index (κ3) is 1.92. The second-order valence-corrected chi connectivity index (χ2v) is 5.10. The van der Waals surface area contributed by atoms with Crippen molar-refractivity contribution in [1.82, 2.24) is 0 Å². The quantitative estimate of drug-likeness (QED) is 0.448. The van der Waals surface area contributed by atoms with Gasteiger partial charge in [-0.25, -0.2) is 0 Å². The van der Waals surface area contributed by atoms with Crippen LogP contribution in [0.15, 0.2) is 18.2 Å². The molecule has 0 saturated carbocycles. The van der Waals surface area contributed by atoms with Gasteiger partial charge in [0.2, 0.25) is 0 Å². The summed E-state index contributed by atoms with van der Waals surface area (Å²) in [5.41, 5.74) is -0.256. The number of non-ortho nitro benzene ring substituents is 1. The molecule has 0 unspecified atom stereocenters. The van der Waals surface area contributed by atoms with Crippen LogP contribution in [0, 0.1) is 10.1 Å². The van der Waals surface area contributed by atoms with Gasteiger partial charge in [0.15, 0.2) is 15.9 Å². The number of carbonyl (C=O) groups is 2. The Bertz CT molecular complexity index is 553. The number of rotatable bonds is 1. The van der Waals surface area contributed by atoms with E-state index in [1.165, 1.54) is 12.1 Å². The monoisotopic (exact) mass is 273 g/mol. The molecular formula is C10H5Cl2NO4. The van der Waals surface area contributed by atoms with Crippen molar-refractivity contribution in [3.8, 4) is 0 Å². The first-order chi connectivity index (χ1) is 7.83. The molecule has 0 fully saturated rings. The molecule has 1 aromatic carbocycles. The highest BCUT2D eigenvalue weighted by atomic mass is 35.5. The minimum atomic E-state index is -1.83. The summed E-state index contributed by atoms with van der Waals surface area (Å²) in [5.74, 6) is -1.08. The molecule has 0 atom stereocenters. The Kier molecular flexibility index (Phi) is 2.67. The number of nitro groups is 1. The molecule has 0 heterocycles. The summed E-state index contributed by atoms with van der Waals surface area (Å²) in [6.07, 6.45) is -0.320. The third-order valence-electron chi connectivity index (χ3n) is 2.47. The largest absolute Gasteiger partial charge is 0.294 e. The van der Waals surface area contributed by atoms with Crippen LogP contribution in [0.1, 0.15) is 27.1 Å². The zero-order valence-corrected chi connectivity index (χ0v) is 9.79. The van der Waals surface area contributed by atoms with E-state index in [1.807, 2.05) is 0 Å². The number of nitro benzene ring substituents is 1. The van der Waals surface area contributed by atoms with Crippen molar-refractivity contribution in [2.45, 2.75) is 10.8 Å². The summed E-state index contributed by atoms with van der Waals surface area (Å²) < 4.78 is -1.83. The Hall–Kier alpha value is -1.46. The van der Waals surface area contributed by atoms with Crippen molar-refractivity contribution < 1.29 is 14.5 Å². The summed E-state index contributed by atoms with van der Waals surface area (Å²) in [6.45, 7) is 0. The van der Waals surface area contributed by atoms with Gasteiger partial charge in [-0.3, -0.25) is 19.7 Å². The number of fused-ring (bicyclic) bond motifs is 1. The molecule has 1 aliphatic carbocycles.